The smallest absolute Gasteiger partial charge is 0.0512 e. The summed E-state index contributed by atoms with van der Waals surface area (Å²) in [6, 6.07) is 0.368. The van der Waals surface area contributed by atoms with Crippen molar-refractivity contribution in [3.63, 3.8) is 0 Å². The SMILES string of the molecule is O/N=C/C1=CC=CC[N-]1.O/N=C/C1CCCC[N-]1.O/N=C/C1CCCC[N-]1.[Cu]. The van der Waals surface area contributed by atoms with Gasteiger partial charge in [-0.2, -0.15) is 0 Å². The molecule has 3 aliphatic heterocycles. The second kappa shape index (κ2) is 18.5. The third-order valence-corrected chi connectivity index (χ3v) is 3.99. The second-order valence-corrected chi connectivity index (χ2v) is 6.07. The molecule has 0 aliphatic carbocycles. The zero-order valence-corrected chi connectivity index (χ0v) is 16.8. The molecule has 3 aliphatic rings. The van der Waals surface area contributed by atoms with Crippen LogP contribution in [0, 0.1) is 0 Å². The molecular formula is C18H29CuN6O3-3. The first kappa shape index (κ1) is 26.1. The molecule has 28 heavy (non-hydrogen) atoms. The van der Waals surface area contributed by atoms with Crippen LogP contribution in [-0.2, 0) is 17.1 Å². The zero-order chi connectivity index (χ0) is 19.6. The van der Waals surface area contributed by atoms with Crippen molar-refractivity contribution in [1.82, 2.24) is 0 Å². The van der Waals surface area contributed by atoms with Gasteiger partial charge in [-0.25, -0.2) is 0 Å². The quantitative estimate of drug-likeness (QED) is 0.264. The van der Waals surface area contributed by atoms with Crippen LogP contribution in [0.15, 0.2) is 39.4 Å². The van der Waals surface area contributed by atoms with Crippen LogP contribution in [0.25, 0.3) is 16.0 Å². The third kappa shape index (κ3) is 13.3. The molecule has 1 radical (unpaired) electrons. The van der Waals surface area contributed by atoms with E-state index in [9.17, 15) is 0 Å². The maximum Gasteiger partial charge on any atom is 0.0512 e. The van der Waals surface area contributed by atoms with Gasteiger partial charge in [-0.15, -0.1) is 41.7 Å². The maximum atomic E-state index is 8.13. The number of rotatable bonds is 3. The fraction of sp³-hybridized carbons (Fsp3) is 0.611. The van der Waals surface area contributed by atoms with E-state index in [-0.39, 0.29) is 29.2 Å². The van der Waals surface area contributed by atoms with Crippen molar-refractivity contribution in [3.8, 4) is 0 Å². The van der Waals surface area contributed by atoms with E-state index in [0.29, 0.717) is 12.2 Å². The van der Waals surface area contributed by atoms with Crippen molar-refractivity contribution in [2.45, 2.75) is 50.6 Å². The first-order chi connectivity index (χ1) is 13.3. The Hall–Kier alpha value is -1.87. The van der Waals surface area contributed by atoms with E-state index in [4.69, 9.17) is 15.6 Å². The van der Waals surface area contributed by atoms with Crippen LogP contribution in [0.3, 0.4) is 0 Å². The molecule has 163 valence electrons. The van der Waals surface area contributed by atoms with E-state index in [0.717, 1.165) is 25.9 Å². The molecule has 0 spiro atoms. The molecule has 0 aromatic heterocycles. The van der Waals surface area contributed by atoms with E-state index in [1.165, 1.54) is 44.3 Å². The molecule has 0 aromatic rings. The maximum absolute atomic E-state index is 8.13. The van der Waals surface area contributed by atoms with Crippen molar-refractivity contribution in [2.24, 2.45) is 15.5 Å². The largest absolute Gasteiger partial charge is 0.680 e. The van der Waals surface area contributed by atoms with Gasteiger partial charge in [0.15, 0.2) is 0 Å². The van der Waals surface area contributed by atoms with Crippen LogP contribution < -0.4 is 0 Å². The Morgan fingerprint density at radius 1 is 0.857 bits per heavy atom. The number of nitrogens with zero attached hydrogens (tertiary/aromatic N) is 6. The summed E-state index contributed by atoms with van der Waals surface area (Å²) in [6.45, 7) is 2.53. The van der Waals surface area contributed by atoms with Gasteiger partial charge in [0, 0.05) is 29.5 Å². The zero-order valence-electron chi connectivity index (χ0n) is 15.8. The first-order valence-electron chi connectivity index (χ1n) is 9.20. The molecule has 2 saturated heterocycles. The Bertz CT molecular complexity index is 487. The molecule has 10 heteroatoms. The summed E-state index contributed by atoms with van der Waals surface area (Å²) in [5.74, 6) is 0. The predicted molar refractivity (Wildman–Crippen MR) is 108 cm³/mol. The van der Waals surface area contributed by atoms with E-state index in [1.807, 2.05) is 12.2 Å². The standard InChI is InChI=1S/2C6H11N2O.C6H7N2O.Cu/c3*9-8-5-6-3-1-2-4-7-6;/h2*5-6,9H,1-4H2;1-3,5,9H,4H2;/q3*-1;/b3*8-5+;. The normalized spacial score (nSPS) is 24.4. The third-order valence-electron chi connectivity index (χ3n) is 3.99. The summed E-state index contributed by atoms with van der Waals surface area (Å²) in [5.41, 5.74) is 0.708. The van der Waals surface area contributed by atoms with Crippen LogP contribution in [0.2, 0.25) is 0 Å². The molecule has 3 rings (SSSR count). The van der Waals surface area contributed by atoms with Crippen LogP contribution in [-0.4, -0.2) is 66.0 Å². The summed E-state index contributed by atoms with van der Waals surface area (Å²) in [6.07, 6.45) is 16.8. The molecule has 0 saturated carbocycles. The van der Waals surface area contributed by atoms with Crippen molar-refractivity contribution >= 4 is 18.6 Å². The fourth-order valence-electron chi connectivity index (χ4n) is 2.61. The van der Waals surface area contributed by atoms with Crippen molar-refractivity contribution in [3.05, 3.63) is 39.9 Å². The van der Waals surface area contributed by atoms with E-state index in [1.54, 1.807) is 6.08 Å². The van der Waals surface area contributed by atoms with Crippen molar-refractivity contribution < 1.29 is 32.7 Å². The summed E-state index contributed by atoms with van der Waals surface area (Å²) in [7, 11) is 0. The molecule has 2 unspecified atom stereocenters. The van der Waals surface area contributed by atoms with E-state index in [2.05, 4.69) is 31.4 Å². The van der Waals surface area contributed by atoms with Crippen LogP contribution >= 0.6 is 0 Å². The Morgan fingerprint density at radius 2 is 1.43 bits per heavy atom. The minimum absolute atomic E-state index is 0. The average Bonchev–Trinajstić information content (AvgIpc) is 2.72. The predicted octanol–water partition coefficient (Wildman–Crippen LogP) is 4.02. The van der Waals surface area contributed by atoms with Gasteiger partial charge in [0.1, 0.15) is 0 Å². The molecule has 0 amide bonds. The Balaban J connectivity index is 0.000000384. The minimum Gasteiger partial charge on any atom is -0.680 e. The summed E-state index contributed by atoms with van der Waals surface area (Å²) in [5, 5.41) is 45.4. The number of allylic oxidation sites excluding steroid dienone is 3. The Labute approximate surface area is 177 Å². The van der Waals surface area contributed by atoms with E-state index < -0.39 is 0 Å². The van der Waals surface area contributed by atoms with Gasteiger partial charge in [-0.05, 0) is 0 Å². The second-order valence-electron chi connectivity index (χ2n) is 6.07. The van der Waals surface area contributed by atoms with Crippen LogP contribution in [0.1, 0.15) is 38.5 Å². The molecule has 3 N–H and O–H groups in total. The molecule has 2 fully saturated rings. The van der Waals surface area contributed by atoms with Crippen molar-refractivity contribution in [1.29, 1.82) is 0 Å². The number of hydrogen-bond donors (Lipinski definition) is 3. The van der Waals surface area contributed by atoms with Gasteiger partial charge < -0.3 is 31.6 Å². The summed E-state index contributed by atoms with van der Waals surface area (Å²) in [4.78, 5) is 0. The molecule has 0 bridgehead atoms. The van der Waals surface area contributed by atoms with Gasteiger partial charge in [-0.1, -0.05) is 67.9 Å². The molecule has 9 nitrogen and oxygen atoms in total. The fourth-order valence-corrected chi connectivity index (χ4v) is 2.61. The Kier molecular flexibility index (Phi) is 17.3. The monoisotopic (exact) mass is 440 g/mol. The molecule has 0 aromatic carbocycles. The van der Waals surface area contributed by atoms with Gasteiger partial charge in [0.05, 0.1) is 6.21 Å². The average molecular weight is 441 g/mol. The Morgan fingerprint density at radius 3 is 1.79 bits per heavy atom. The van der Waals surface area contributed by atoms with E-state index >= 15 is 0 Å². The molecular weight excluding hydrogens is 412 g/mol. The van der Waals surface area contributed by atoms with Gasteiger partial charge in [-0.3, -0.25) is 0 Å². The van der Waals surface area contributed by atoms with Crippen LogP contribution in [0.4, 0.5) is 0 Å². The first-order valence-corrected chi connectivity index (χ1v) is 9.20. The van der Waals surface area contributed by atoms with Gasteiger partial charge in [0.2, 0.25) is 0 Å². The number of piperidine rings is 2. The van der Waals surface area contributed by atoms with Gasteiger partial charge >= 0.3 is 0 Å². The number of hydrogen-bond acceptors (Lipinski definition) is 6. The molecule has 2 atom stereocenters. The summed E-state index contributed by atoms with van der Waals surface area (Å²) < 4.78 is 0. The minimum atomic E-state index is 0. The van der Waals surface area contributed by atoms with Gasteiger partial charge in [0.25, 0.3) is 0 Å². The van der Waals surface area contributed by atoms with Crippen molar-refractivity contribution in [2.75, 3.05) is 19.6 Å². The summed E-state index contributed by atoms with van der Waals surface area (Å²) >= 11 is 0. The molecule has 3 heterocycles. The number of oxime groups is 3. The topological polar surface area (TPSA) is 140 Å². The van der Waals surface area contributed by atoms with Crippen LogP contribution in [0.5, 0.6) is 0 Å².